The highest BCUT2D eigenvalue weighted by Crippen LogP contribution is 2.05. The van der Waals surface area contributed by atoms with Crippen molar-refractivity contribution in [2.75, 3.05) is 0 Å². The highest BCUT2D eigenvalue weighted by molar-refractivity contribution is 4.88. The van der Waals surface area contributed by atoms with E-state index in [-0.39, 0.29) is 6.10 Å². The Balaban J connectivity index is 2.05. The number of nitrogens with zero attached hydrogens (tertiary/aromatic N) is 2. The first-order chi connectivity index (χ1) is 6.79. The number of rotatable bonds is 6. The Labute approximate surface area is 85.2 Å². The third kappa shape index (κ3) is 4.92. The highest BCUT2D eigenvalue weighted by Gasteiger charge is 1.97. The lowest BCUT2D eigenvalue weighted by Gasteiger charge is -2.02. The van der Waals surface area contributed by atoms with Crippen LogP contribution in [0.15, 0.2) is 18.5 Å². The van der Waals surface area contributed by atoms with Crippen LogP contribution in [0.5, 0.6) is 0 Å². The van der Waals surface area contributed by atoms with Crippen LogP contribution in [0.1, 0.15) is 38.4 Å². The zero-order valence-corrected chi connectivity index (χ0v) is 8.69. The van der Waals surface area contributed by atoms with E-state index >= 15 is 0 Å². The second kappa shape index (κ2) is 6.49. The Morgan fingerprint density at radius 2 is 1.93 bits per heavy atom. The molecule has 78 valence electrons. The summed E-state index contributed by atoms with van der Waals surface area (Å²) in [7, 11) is 0. The number of hydrogen-bond acceptors (Lipinski definition) is 3. The molecule has 0 bridgehead atoms. The van der Waals surface area contributed by atoms with Gasteiger partial charge in [-0.2, -0.15) is 0 Å². The number of hydrogen-bond donors (Lipinski definition) is 1. The van der Waals surface area contributed by atoms with Crippen LogP contribution < -0.4 is 0 Å². The Kier molecular flexibility index (Phi) is 5.15. The van der Waals surface area contributed by atoms with Crippen LogP contribution in [-0.4, -0.2) is 21.2 Å². The van der Waals surface area contributed by atoms with Crippen molar-refractivity contribution in [1.82, 2.24) is 9.97 Å². The van der Waals surface area contributed by atoms with Crippen molar-refractivity contribution >= 4 is 0 Å². The van der Waals surface area contributed by atoms with Crippen LogP contribution in [0.3, 0.4) is 0 Å². The summed E-state index contributed by atoms with van der Waals surface area (Å²) in [5.74, 6) is 0.921. The van der Waals surface area contributed by atoms with Crippen molar-refractivity contribution in [2.24, 2.45) is 0 Å². The fourth-order valence-corrected chi connectivity index (χ4v) is 1.36. The summed E-state index contributed by atoms with van der Waals surface area (Å²) in [5, 5.41) is 9.04. The summed E-state index contributed by atoms with van der Waals surface area (Å²) >= 11 is 0. The minimum absolute atomic E-state index is 0.164. The number of aromatic nitrogens is 2. The van der Waals surface area contributed by atoms with E-state index < -0.39 is 0 Å². The van der Waals surface area contributed by atoms with Crippen molar-refractivity contribution in [3.63, 3.8) is 0 Å². The second-order valence-electron chi connectivity index (χ2n) is 3.61. The summed E-state index contributed by atoms with van der Waals surface area (Å²) in [6, 6.07) is 1.83. The average Bonchev–Trinajstić information content (AvgIpc) is 2.18. The van der Waals surface area contributed by atoms with Crippen molar-refractivity contribution in [3.8, 4) is 0 Å². The van der Waals surface area contributed by atoms with Gasteiger partial charge in [-0.1, -0.05) is 12.8 Å². The van der Waals surface area contributed by atoms with Crippen molar-refractivity contribution in [2.45, 2.75) is 45.1 Å². The highest BCUT2D eigenvalue weighted by atomic mass is 16.3. The summed E-state index contributed by atoms with van der Waals surface area (Å²) < 4.78 is 0. The third-order valence-corrected chi connectivity index (χ3v) is 2.14. The smallest absolute Gasteiger partial charge is 0.128 e. The summed E-state index contributed by atoms with van der Waals surface area (Å²) in [6.45, 7) is 1.83. The Morgan fingerprint density at radius 3 is 2.57 bits per heavy atom. The van der Waals surface area contributed by atoms with Gasteiger partial charge in [0.25, 0.3) is 0 Å². The van der Waals surface area contributed by atoms with Gasteiger partial charge in [-0.25, -0.2) is 9.97 Å². The van der Waals surface area contributed by atoms with Gasteiger partial charge in [-0.15, -0.1) is 0 Å². The van der Waals surface area contributed by atoms with Gasteiger partial charge in [0.15, 0.2) is 0 Å². The van der Waals surface area contributed by atoms with E-state index in [1.807, 2.05) is 13.0 Å². The van der Waals surface area contributed by atoms with Gasteiger partial charge < -0.3 is 5.11 Å². The standard InChI is InChI=1S/C11H18N2O/c1-10(14)6-3-2-4-7-11-12-8-5-9-13-11/h5,8-10,14H,2-4,6-7H2,1H3. The molecule has 1 aromatic rings. The summed E-state index contributed by atoms with van der Waals surface area (Å²) in [5.41, 5.74) is 0. The lowest BCUT2D eigenvalue weighted by Crippen LogP contribution is -1.99. The van der Waals surface area contributed by atoms with Crippen molar-refractivity contribution in [3.05, 3.63) is 24.3 Å². The van der Waals surface area contributed by atoms with Gasteiger partial charge in [-0.3, -0.25) is 0 Å². The molecule has 3 nitrogen and oxygen atoms in total. The van der Waals surface area contributed by atoms with E-state index in [1.165, 1.54) is 0 Å². The monoisotopic (exact) mass is 194 g/mol. The molecule has 0 fully saturated rings. The molecule has 0 spiro atoms. The van der Waals surface area contributed by atoms with Crippen LogP contribution in [0, 0.1) is 0 Å². The molecule has 0 aliphatic carbocycles. The predicted octanol–water partition coefficient (Wildman–Crippen LogP) is 1.96. The SMILES string of the molecule is CC(O)CCCCCc1ncccn1. The van der Waals surface area contributed by atoms with Crippen LogP contribution in [-0.2, 0) is 6.42 Å². The number of aryl methyl sites for hydroxylation is 1. The molecule has 0 aromatic carbocycles. The molecule has 0 aliphatic heterocycles. The molecule has 1 aromatic heterocycles. The molecule has 1 heterocycles. The normalized spacial score (nSPS) is 12.7. The number of aliphatic hydroxyl groups excluding tert-OH is 1. The molecule has 1 atom stereocenters. The van der Waals surface area contributed by atoms with Crippen LogP contribution in [0.25, 0.3) is 0 Å². The topological polar surface area (TPSA) is 46.0 Å². The molecule has 14 heavy (non-hydrogen) atoms. The average molecular weight is 194 g/mol. The van der Waals surface area contributed by atoms with Crippen LogP contribution in [0.2, 0.25) is 0 Å². The molecule has 1 N–H and O–H groups in total. The zero-order chi connectivity index (χ0) is 10.2. The quantitative estimate of drug-likeness (QED) is 0.704. The molecule has 0 saturated carbocycles. The zero-order valence-electron chi connectivity index (χ0n) is 8.69. The van der Waals surface area contributed by atoms with E-state index in [0.29, 0.717) is 0 Å². The van der Waals surface area contributed by atoms with Gasteiger partial charge in [-0.05, 0) is 25.8 Å². The van der Waals surface area contributed by atoms with Crippen LogP contribution in [0.4, 0.5) is 0 Å². The van der Waals surface area contributed by atoms with Crippen LogP contribution >= 0.6 is 0 Å². The van der Waals surface area contributed by atoms with Gasteiger partial charge in [0, 0.05) is 18.8 Å². The van der Waals surface area contributed by atoms with E-state index in [1.54, 1.807) is 12.4 Å². The Hall–Kier alpha value is -0.960. The molecule has 0 aliphatic rings. The van der Waals surface area contributed by atoms with Gasteiger partial charge in [0.1, 0.15) is 5.82 Å². The van der Waals surface area contributed by atoms with E-state index in [4.69, 9.17) is 5.11 Å². The largest absolute Gasteiger partial charge is 0.393 e. The molecular weight excluding hydrogens is 176 g/mol. The fraction of sp³-hybridized carbons (Fsp3) is 0.636. The first-order valence-electron chi connectivity index (χ1n) is 5.23. The van der Waals surface area contributed by atoms with Gasteiger partial charge >= 0.3 is 0 Å². The fourth-order valence-electron chi connectivity index (χ4n) is 1.36. The van der Waals surface area contributed by atoms with E-state index in [0.717, 1.165) is 37.9 Å². The summed E-state index contributed by atoms with van der Waals surface area (Å²) in [4.78, 5) is 8.30. The van der Waals surface area contributed by atoms with Crippen molar-refractivity contribution in [1.29, 1.82) is 0 Å². The minimum Gasteiger partial charge on any atom is -0.393 e. The van der Waals surface area contributed by atoms with E-state index in [9.17, 15) is 0 Å². The summed E-state index contributed by atoms with van der Waals surface area (Å²) in [6.07, 6.45) is 8.57. The maximum absolute atomic E-state index is 9.04. The molecule has 0 saturated heterocycles. The molecule has 1 rings (SSSR count). The van der Waals surface area contributed by atoms with Crippen molar-refractivity contribution < 1.29 is 5.11 Å². The van der Waals surface area contributed by atoms with E-state index in [2.05, 4.69) is 9.97 Å². The third-order valence-electron chi connectivity index (χ3n) is 2.14. The predicted molar refractivity (Wildman–Crippen MR) is 55.9 cm³/mol. The second-order valence-corrected chi connectivity index (χ2v) is 3.61. The molecule has 3 heteroatoms. The van der Waals surface area contributed by atoms with Gasteiger partial charge in [0.05, 0.1) is 6.10 Å². The maximum atomic E-state index is 9.04. The number of unbranched alkanes of at least 4 members (excludes halogenated alkanes) is 2. The van der Waals surface area contributed by atoms with Gasteiger partial charge in [0.2, 0.25) is 0 Å². The molecule has 1 unspecified atom stereocenters. The Morgan fingerprint density at radius 1 is 1.21 bits per heavy atom. The molecule has 0 radical (unpaired) electrons. The maximum Gasteiger partial charge on any atom is 0.128 e. The molecular formula is C11H18N2O. The number of aliphatic hydroxyl groups is 1. The minimum atomic E-state index is -0.164. The first-order valence-corrected chi connectivity index (χ1v) is 5.23. The Bertz CT molecular complexity index is 236. The first kappa shape index (κ1) is 11.1. The lowest BCUT2D eigenvalue weighted by molar-refractivity contribution is 0.180. The lowest BCUT2D eigenvalue weighted by atomic mass is 10.1. The molecule has 0 amide bonds.